The first-order valence-electron chi connectivity index (χ1n) is 6.08. The molecule has 0 saturated heterocycles. The van der Waals surface area contributed by atoms with Crippen LogP contribution >= 0.6 is 0 Å². The van der Waals surface area contributed by atoms with Crippen LogP contribution in [0.5, 0.6) is 0 Å². The summed E-state index contributed by atoms with van der Waals surface area (Å²) in [5.41, 5.74) is 6.14. The van der Waals surface area contributed by atoms with Gasteiger partial charge >= 0.3 is 0 Å². The molecule has 1 aliphatic rings. The summed E-state index contributed by atoms with van der Waals surface area (Å²) in [5.74, 6) is -0.0116. The van der Waals surface area contributed by atoms with Gasteiger partial charge in [-0.1, -0.05) is 0 Å². The molecule has 92 valence electrons. The van der Waals surface area contributed by atoms with E-state index in [1.165, 1.54) is 6.20 Å². The predicted molar refractivity (Wildman–Crippen MR) is 65.8 cm³/mol. The van der Waals surface area contributed by atoms with E-state index in [1.807, 2.05) is 6.92 Å². The third kappa shape index (κ3) is 2.17. The number of carbonyl (C=O) groups excluding carboxylic acids is 1. The van der Waals surface area contributed by atoms with Gasteiger partial charge in [-0.05, 0) is 38.7 Å². The predicted octanol–water partition coefficient (Wildman–Crippen LogP) is 2.20. The minimum Gasteiger partial charge on any atom is -0.398 e. The monoisotopic (exact) mass is 234 g/mol. The highest BCUT2D eigenvalue weighted by molar-refractivity contribution is 6.06. The molecule has 0 aromatic carbocycles. The van der Waals surface area contributed by atoms with E-state index in [1.54, 1.807) is 12.3 Å². The lowest BCUT2D eigenvalue weighted by molar-refractivity contribution is -0.0163. The summed E-state index contributed by atoms with van der Waals surface area (Å²) in [6.45, 7) is 2.46. The Morgan fingerprint density at radius 3 is 2.82 bits per heavy atom. The third-order valence-corrected chi connectivity index (χ3v) is 3.35. The van der Waals surface area contributed by atoms with Crippen LogP contribution in [0.3, 0.4) is 0 Å². The number of rotatable bonds is 4. The highest BCUT2D eigenvalue weighted by atomic mass is 16.5. The van der Waals surface area contributed by atoms with Crippen molar-refractivity contribution in [1.82, 2.24) is 4.98 Å². The van der Waals surface area contributed by atoms with E-state index in [4.69, 9.17) is 10.5 Å². The normalized spacial score (nSPS) is 18.2. The Morgan fingerprint density at radius 1 is 1.53 bits per heavy atom. The van der Waals surface area contributed by atoms with Crippen LogP contribution in [0.4, 0.5) is 5.69 Å². The molecule has 0 bridgehead atoms. The van der Waals surface area contributed by atoms with Crippen molar-refractivity contribution in [3.63, 3.8) is 0 Å². The second-order valence-corrected chi connectivity index (χ2v) is 4.43. The van der Waals surface area contributed by atoms with Crippen LogP contribution in [0, 0.1) is 0 Å². The van der Waals surface area contributed by atoms with Gasteiger partial charge in [-0.2, -0.15) is 0 Å². The van der Waals surface area contributed by atoms with Crippen molar-refractivity contribution in [2.75, 3.05) is 12.3 Å². The van der Waals surface area contributed by atoms with Crippen LogP contribution in [0.2, 0.25) is 0 Å². The molecule has 0 aliphatic heterocycles. The number of nitrogen functional groups attached to an aromatic ring is 1. The molecule has 2 rings (SSSR count). The minimum atomic E-state index is -0.661. The van der Waals surface area contributed by atoms with Gasteiger partial charge < -0.3 is 10.5 Å². The molecule has 0 unspecified atom stereocenters. The van der Waals surface area contributed by atoms with E-state index in [-0.39, 0.29) is 5.78 Å². The lowest BCUT2D eigenvalue weighted by Crippen LogP contribution is -2.39. The summed E-state index contributed by atoms with van der Waals surface area (Å²) in [7, 11) is 0. The van der Waals surface area contributed by atoms with E-state index in [0.29, 0.717) is 17.9 Å². The topological polar surface area (TPSA) is 65.2 Å². The number of nitrogens with zero attached hydrogens (tertiary/aromatic N) is 1. The quantitative estimate of drug-likeness (QED) is 0.811. The molecule has 0 atom stereocenters. The number of hydrogen-bond donors (Lipinski definition) is 1. The molecule has 0 spiro atoms. The van der Waals surface area contributed by atoms with Crippen molar-refractivity contribution in [1.29, 1.82) is 0 Å². The van der Waals surface area contributed by atoms with Crippen LogP contribution in [-0.2, 0) is 4.74 Å². The number of pyridine rings is 1. The Labute approximate surface area is 101 Å². The van der Waals surface area contributed by atoms with Crippen LogP contribution in [0.1, 0.15) is 43.0 Å². The van der Waals surface area contributed by atoms with Gasteiger partial charge in [-0.15, -0.1) is 0 Å². The van der Waals surface area contributed by atoms with Crippen molar-refractivity contribution in [2.24, 2.45) is 0 Å². The van der Waals surface area contributed by atoms with Gasteiger partial charge in [0.15, 0.2) is 5.78 Å². The standard InChI is InChI=1S/C13H18N2O2/c1-2-17-13(6-3-4-7-13)12(16)10-9-15-8-5-11(10)14/h5,8-9H,2-4,6-7H2,1H3,(H2,14,15). The van der Waals surface area contributed by atoms with Crippen molar-refractivity contribution in [3.8, 4) is 0 Å². The fourth-order valence-corrected chi connectivity index (χ4v) is 2.50. The smallest absolute Gasteiger partial charge is 0.198 e. The van der Waals surface area contributed by atoms with Crippen LogP contribution in [-0.4, -0.2) is 23.0 Å². The highest BCUT2D eigenvalue weighted by Crippen LogP contribution is 2.36. The average molecular weight is 234 g/mol. The van der Waals surface area contributed by atoms with E-state index in [2.05, 4.69) is 4.98 Å². The molecule has 1 aromatic rings. The van der Waals surface area contributed by atoms with E-state index in [0.717, 1.165) is 25.7 Å². The fraction of sp³-hybridized carbons (Fsp3) is 0.538. The maximum atomic E-state index is 12.5. The van der Waals surface area contributed by atoms with E-state index < -0.39 is 5.60 Å². The van der Waals surface area contributed by atoms with E-state index in [9.17, 15) is 4.79 Å². The summed E-state index contributed by atoms with van der Waals surface area (Å²) in [6.07, 6.45) is 6.77. The lowest BCUT2D eigenvalue weighted by atomic mass is 9.91. The number of carbonyl (C=O) groups is 1. The SMILES string of the molecule is CCOC1(C(=O)c2cnccc2N)CCCC1. The summed E-state index contributed by atoms with van der Waals surface area (Å²) in [5, 5.41) is 0. The van der Waals surface area contributed by atoms with Gasteiger partial charge in [0.05, 0.1) is 5.56 Å². The second kappa shape index (κ2) is 4.84. The number of aromatic nitrogens is 1. The molecule has 0 amide bonds. The number of nitrogens with two attached hydrogens (primary N) is 1. The highest BCUT2D eigenvalue weighted by Gasteiger charge is 2.42. The maximum Gasteiger partial charge on any atom is 0.198 e. The van der Waals surface area contributed by atoms with Gasteiger partial charge in [0.2, 0.25) is 0 Å². The number of hydrogen-bond acceptors (Lipinski definition) is 4. The number of anilines is 1. The Kier molecular flexibility index (Phi) is 3.43. The molecule has 17 heavy (non-hydrogen) atoms. The zero-order chi connectivity index (χ0) is 12.3. The van der Waals surface area contributed by atoms with Crippen LogP contribution in [0.25, 0.3) is 0 Å². The number of ether oxygens (including phenoxy) is 1. The first kappa shape index (κ1) is 12.0. The summed E-state index contributed by atoms with van der Waals surface area (Å²) in [6, 6.07) is 1.65. The molecular formula is C13H18N2O2. The Bertz CT molecular complexity index is 412. The molecular weight excluding hydrogens is 216 g/mol. The fourth-order valence-electron chi connectivity index (χ4n) is 2.50. The van der Waals surface area contributed by atoms with Crippen molar-refractivity contribution in [2.45, 2.75) is 38.2 Å². The van der Waals surface area contributed by atoms with Gasteiger partial charge in [-0.25, -0.2) is 0 Å². The van der Waals surface area contributed by atoms with Gasteiger partial charge in [0.25, 0.3) is 0 Å². The molecule has 1 fully saturated rings. The van der Waals surface area contributed by atoms with Crippen molar-refractivity contribution < 1.29 is 9.53 Å². The Morgan fingerprint density at radius 2 is 2.24 bits per heavy atom. The molecule has 4 nitrogen and oxygen atoms in total. The molecule has 1 saturated carbocycles. The number of ketones is 1. The second-order valence-electron chi connectivity index (χ2n) is 4.43. The van der Waals surface area contributed by atoms with Crippen LogP contribution in [0.15, 0.2) is 18.5 Å². The zero-order valence-corrected chi connectivity index (χ0v) is 10.1. The first-order chi connectivity index (χ1) is 8.19. The molecule has 1 aromatic heterocycles. The minimum absolute atomic E-state index is 0.0116. The third-order valence-electron chi connectivity index (χ3n) is 3.35. The average Bonchev–Trinajstić information content (AvgIpc) is 2.79. The molecule has 2 N–H and O–H groups in total. The van der Waals surface area contributed by atoms with Crippen LogP contribution < -0.4 is 5.73 Å². The maximum absolute atomic E-state index is 12.5. The van der Waals surface area contributed by atoms with Gasteiger partial charge in [0.1, 0.15) is 5.60 Å². The van der Waals surface area contributed by atoms with Crippen molar-refractivity contribution in [3.05, 3.63) is 24.0 Å². The van der Waals surface area contributed by atoms with Gasteiger partial charge in [0, 0.05) is 24.7 Å². The Balaban J connectivity index is 2.32. The number of Topliss-reactive ketones (excluding diaryl/α,β-unsaturated/α-hetero) is 1. The summed E-state index contributed by atoms with van der Waals surface area (Å²) < 4.78 is 5.73. The summed E-state index contributed by atoms with van der Waals surface area (Å²) >= 11 is 0. The summed E-state index contributed by atoms with van der Waals surface area (Å²) in [4.78, 5) is 16.5. The van der Waals surface area contributed by atoms with E-state index >= 15 is 0 Å². The zero-order valence-electron chi connectivity index (χ0n) is 10.1. The molecule has 1 heterocycles. The molecule has 4 heteroatoms. The molecule has 0 radical (unpaired) electrons. The van der Waals surface area contributed by atoms with Crippen molar-refractivity contribution >= 4 is 11.5 Å². The molecule has 1 aliphatic carbocycles. The first-order valence-corrected chi connectivity index (χ1v) is 6.08. The Hall–Kier alpha value is -1.42. The lowest BCUT2D eigenvalue weighted by Gasteiger charge is -2.27. The largest absolute Gasteiger partial charge is 0.398 e. The van der Waals surface area contributed by atoms with Gasteiger partial charge in [-0.3, -0.25) is 9.78 Å².